The van der Waals surface area contributed by atoms with E-state index in [4.69, 9.17) is 10.00 Å². The second kappa shape index (κ2) is 6.75. The molecule has 0 aromatic heterocycles. The van der Waals surface area contributed by atoms with Gasteiger partial charge < -0.3 is 9.64 Å². The van der Waals surface area contributed by atoms with E-state index >= 15 is 0 Å². The molecule has 1 fully saturated rings. The second-order valence-electron chi connectivity index (χ2n) is 6.06. The summed E-state index contributed by atoms with van der Waals surface area (Å²) in [7, 11) is -3.56. The van der Waals surface area contributed by atoms with E-state index in [0.29, 0.717) is 25.3 Å². The molecule has 2 rings (SSSR count). The van der Waals surface area contributed by atoms with E-state index in [1.54, 1.807) is 0 Å². The van der Waals surface area contributed by atoms with Gasteiger partial charge in [-0.3, -0.25) is 0 Å². The molecule has 1 aromatic carbocycles. The Morgan fingerprint density at radius 3 is 2.41 bits per heavy atom. The number of nitrogens with one attached hydrogen (secondary N) is 2. The van der Waals surface area contributed by atoms with E-state index in [2.05, 4.69) is 18.6 Å². The summed E-state index contributed by atoms with van der Waals surface area (Å²) in [6, 6.07) is 7.90. The fraction of sp³-hybridized carbons (Fsp3) is 0.533. The Balaban J connectivity index is 2.03. The number of morpholine rings is 1. The maximum Gasteiger partial charge on any atom is 0.240 e. The summed E-state index contributed by atoms with van der Waals surface area (Å²) in [6.07, 6.45) is 0. The zero-order valence-electron chi connectivity index (χ0n) is 12.9. The van der Waals surface area contributed by atoms with Crippen LogP contribution in [0.2, 0.25) is 0 Å². The summed E-state index contributed by atoms with van der Waals surface area (Å²) >= 11 is 0. The highest BCUT2D eigenvalue weighted by atomic mass is 32.2. The average molecular weight is 324 g/mol. The molecule has 0 unspecified atom stereocenters. The topological polar surface area (TPSA) is 83.6 Å². The van der Waals surface area contributed by atoms with Gasteiger partial charge in [0.1, 0.15) is 18.6 Å². The van der Waals surface area contributed by atoms with Gasteiger partial charge in [-0.2, -0.15) is 5.26 Å². The third kappa shape index (κ3) is 4.05. The fourth-order valence-corrected chi connectivity index (χ4v) is 3.70. The average Bonchev–Trinajstić information content (AvgIpc) is 2.54. The minimum Gasteiger partial charge on any atom is -0.370 e. The highest BCUT2D eigenvalue weighted by Crippen LogP contribution is 2.10. The molecule has 7 heteroatoms. The van der Waals surface area contributed by atoms with Crippen LogP contribution >= 0.6 is 0 Å². The van der Waals surface area contributed by atoms with E-state index < -0.39 is 10.0 Å². The summed E-state index contributed by atoms with van der Waals surface area (Å²) in [5.41, 5.74) is 0.237. The maximum atomic E-state index is 12.3. The van der Waals surface area contributed by atoms with Crippen molar-refractivity contribution in [1.82, 2.24) is 4.72 Å². The highest BCUT2D eigenvalue weighted by Gasteiger charge is 2.33. The molecule has 1 aromatic rings. The van der Waals surface area contributed by atoms with Crippen molar-refractivity contribution in [2.45, 2.75) is 24.3 Å². The lowest BCUT2D eigenvalue weighted by Crippen LogP contribution is -3.22. The predicted molar refractivity (Wildman–Crippen MR) is 81.9 cm³/mol. The lowest BCUT2D eigenvalue weighted by Gasteiger charge is -2.37. The minimum absolute atomic E-state index is 0.180. The van der Waals surface area contributed by atoms with Crippen molar-refractivity contribution >= 4 is 10.0 Å². The van der Waals surface area contributed by atoms with Gasteiger partial charge in [0, 0.05) is 0 Å². The molecule has 0 radical (unpaired) electrons. The Kier molecular flexibility index (Phi) is 5.19. The van der Waals surface area contributed by atoms with Gasteiger partial charge in [-0.05, 0) is 38.1 Å². The Bertz CT molecular complexity index is 642. The maximum absolute atomic E-state index is 12.3. The number of hydrogen-bond acceptors (Lipinski definition) is 4. The van der Waals surface area contributed by atoms with Crippen molar-refractivity contribution in [1.29, 1.82) is 5.26 Å². The number of ether oxygens (including phenoxy) is 1. The van der Waals surface area contributed by atoms with Gasteiger partial charge in [0.15, 0.2) is 0 Å². The van der Waals surface area contributed by atoms with Crippen molar-refractivity contribution < 1.29 is 18.1 Å². The summed E-state index contributed by atoms with van der Waals surface area (Å²) < 4.78 is 32.7. The van der Waals surface area contributed by atoms with Crippen LogP contribution in [0.15, 0.2) is 29.2 Å². The normalized spacial score (nSPS) is 17.1. The van der Waals surface area contributed by atoms with Crippen LogP contribution in [-0.2, 0) is 14.8 Å². The van der Waals surface area contributed by atoms with E-state index in [1.807, 2.05) is 6.07 Å². The zero-order chi connectivity index (χ0) is 16.2. The molecule has 0 amide bonds. The number of benzene rings is 1. The van der Waals surface area contributed by atoms with Crippen LogP contribution in [0.1, 0.15) is 19.4 Å². The molecule has 22 heavy (non-hydrogen) atoms. The van der Waals surface area contributed by atoms with Gasteiger partial charge in [0.2, 0.25) is 10.0 Å². The molecule has 1 aliphatic heterocycles. The Morgan fingerprint density at radius 1 is 1.27 bits per heavy atom. The molecule has 0 spiro atoms. The molecule has 2 N–H and O–H groups in total. The van der Waals surface area contributed by atoms with Crippen LogP contribution in [0.4, 0.5) is 0 Å². The Morgan fingerprint density at radius 2 is 1.86 bits per heavy atom. The summed E-state index contributed by atoms with van der Waals surface area (Å²) in [4.78, 5) is 1.51. The van der Waals surface area contributed by atoms with Crippen molar-refractivity contribution in [2.24, 2.45) is 0 Å². The van der Waals surface area contributed by atoms with Gasteiger partial charge >= 0.3 is 0 Å². The molecule has 0 atom stereocenters. The van der Waals surface area contributed by atoms with Crippen molar-refractivity contribution in [3.05, 3.63) is 29.8 Å². The smallest absolute Gasteiger partial charge is 0.240 e. The number of hydrogen-bond donors (Lipinski definition) is 2. The van der Waals surface area contributed by atoms with E-state index in [0.717, 1.165) is 13.1 Å². The predicted octanol–water partition coefficient (Wildman–Crippen LogP) is -0.470. The number of sulfonamides is 1. The minimum atomic E-state index is -3.56. The SMILES string of the molecule is CC(C)(CNS(=O)(=O)c1ccc(C#N)cc1)[NH+]1CCOCC1. The first kappa shape index (κ1) is 16.9. The highest BCUT2D eigenvalue weighted by molar-refractivity contribution is 7.89. The fourth-order valence-electron chi connectivity index (χ4n) is 2.49. The second-order valence-corrected chi connectivity index (χ2v) is 7.83. The van der Waals surface area contributed by atoms with Crippen LogP contribution in [0, 0.1) is 11.3 Å². The lowest BCUT2D eigenvalue weighted by molar-refractivity contribution is -0.954. The van der Waals surface area contributed by atoms with Gasteiger partial charge in [0.05, 0.1) is 36.3 Å². The van der Waals surface area contributed by atoms with Crippen LogP contribution in [-0.4, -0.2) is 46.8 Å². The summed E-state index contributed by atoms with van der Waals surface area (Å²) in [5.74, 6) is 0. The van der Waals surface area contributed by atoms with Crippen molar-refractivity contribution in [3.8, 4) is 6.07 Å². The zero-order valence-corrected chi connectivity index (χ0v) is 13.7. The van der Waals surface area contributed by atoms with Crippen molar-refractivity contribution in [2.75, 3.05) is 32.8 Å². The van der Waals surface area contributed by atoms with E-state index in [-0.39, 0.29) is 10.4 Å². The molecule has 120 valence electrons. The van der Waals surface area contributed by atoms with Gasteiger partial charge in [0.25, 0.3) is 0 Å². The lowest BCUT2D eigenvalue weighted by atomic mass is 10.0. The third-order valence-corrected chi connectivity index (χ3v) is 5.47. The van der Waals surface area contributed by atoms with E-state index in [1.165, 1.54) is 29.2 Å². The molecular weight excluding hydrogens is 302 g/mol. The molecule has 0 saturated carbocycles. The number of nitrogens with zero attached hydrogens (tertiary/aromatic N) is 1. The van der Waals surface area contributed by atoms with Gasteiger partial charge in [-0.1, -0.05) is 0 Å². The Labute approximate surface area is 131 Å². The monoisotopic (exact) mass is 324 g/mol. The third-order valence-electron chi connectivity index (χ3n) is 4.05. The quantitative estimate of drug-likeness (QED) is 0.767. The van der Waals surface area contributed by atoms with E-state index in [9.17, 15) is 8.42 Å². The Hall–Kier alpha value is -1.46. The van der Waals surface area contributed by atoms with Gasteiger partial charge in [-0.25, -0.2) is 13.1 Å². The summed E-state index contributed by atoms with van der Waals surface area (Å²) in [6.45, 7) is 7.63. The molecule has 1 aliphatic rings. The number of quaternary nitrogens is 1. The largest absolute Gasteiger partial charge is 0.370 e. The first-order chi connectivity index (χ1) is 10.3. The van der Waals surface area contributed by atoms with Crippen molar-refractivity contribution in [3.63, 3.8) is 0 Å². The molecule has 0 aliphatic carbocycles. The standard InChI is InChI=1S/C15H21N3O3S/c1-15(2,18-7-9-21-10-8-18)12-17-22(19,20)14-5-3-13(11-16)4-6-14/h3-6,17H,7-10,12H2,1-2H3/p+1. The van der Waals surface area contributed by atoms with Gasteiger partial charge in [-0.15, -0.1) is 0 Å². The van der Waals surface area contributed by atoms with Crippen LogP contribution in [0.3, 0.4) is 0 Å². The summed E-state index contributed by atoms with van der Waals surface area (Å²) in [5, 5.41) is 8.76. The molecule has 1 saturated heterocycles. The van der Waals surface area contributed by atoms with Crippen LogP contribution in [0.25, 0.3) is 0 Å². The molecule has 6 nitrogen and oxygen atoms in total. The molecule has 0 bridgehead atoms. The number of nitriles is 1. The first-order valence-corrected chi connectivity index (χ1v) is 8.76. The first-order valence-electron chi connectivity index (χ1n) is 7.28. The number of rotatable bonds is 5. The van der Waals surface area contributed by atoms with Crippen LogP contribution in [0.5, 0.6) is 0 Å². The van der Waals surface area contributed by atoms with Crippen LogP contribution < -0.4 is 9.62 Å². The molecule has 1 heterocycles. The molecular formula is C15H22N3O3S+.